The summed E-state index contributed by atoms with van der Waals surface area (Å²) in [6.07, 6.45) is 1.57. The van der Waals surface area contributed by atoms with E-state index in [0.29, 0.717) is 27.7 Å². The van der Waals surface area contributed by atoms with Crippen LogP contribution in [0.2, 0.25) is 5.02 Å². The van der Waals surface area contributed by atoms with Crippen molar-refractivity contribution in [2.45, 2.75) is 6.04 Å². The van der Waals surface area contributed by atoms with Crippen LogP contribution >= 0.6 is 11.6 Å². The SMILES string of the molecule is COc1ccc(/C(O)=C2/C(=O)C(=O)N(c3ccc(Cl)cc3)C2c2ccccn2)cc1. The molecule has 0 saturated carbocycles. The van der Waals surface area contributed by atoms with Crippen molar-refractivity contribution in [3.05, 3.63) is 94.8 Å². The van der Waals surface area contributed by atoms with Crippen LogP contribution in [0.1, 0.15) is 17.3 Å². The first-order valence-corrected chi connectivity index (χ1v) is 9.51. The summed E-state index contributed by atoms with van der Waals surface area (Å²) in [4.78, 5) is 31.6. The third kappa shape index (κ3) is 3.42. The lowest BCUT2D eigenvalue weighted by Gasteiger charge is -2.24. The highest BCUT2D eigenvalue weighted by molar-refractivity contribution is 6.51. The van der Waals surface area contributed by atoms with E-state index >= 15 is 0 Å². The van der Waals surface area contributed by atoms with Crippen molar-refractivity contribution in [1.29, 1.82) is 0 Å². The largest absolute Gasteiger partial charge is 0.507 e. The average Bonchev–Trinajstić information content (AvgIpc) is 3.05. The number of hydrogen-bond acceptors (Lipinski definition) is 5. The maximum Gasteiger partial charge on any atom is 0.300 e. The van der Waals surface area contributed by atoms with Crippen molar-refractivity contribution in [2.24, 2.45) is 0 Å². The van der Waals surface area contributed by atoms with Crippen LogP contribution in [-0.4, -0.2) is 28.9 Å². The van der Waals surface area contributed by atoms with E-state index in [1.807, 2.05) is 0 Å². The fourth-order valence-corrected chi connectivity index (χ4v) is 3.55. The highest BCUT2D eigenvalue weighted by atomic mass is 35.5. The Bertz CT molecular complexity index is 1130. The zero-order valence-electron chi connectivity index (χ0n) is 15.9. The molecule has 1 aliphatic heterocycles. The molecule has 1 atom stereocenters. The van der Waals surface area contributed by atoms with Gasteiger partial charge in [0.15, 0.2) is 0 Å². The molecule has 1 unspecified atom stereocenters. The van der Waals surface area contributed by atoms with Crippen molar-refractivity contribution in [1.82, 2.24) is 4.98 Å². The lowest BCUT2D eigenvalue weighted by Crippen LogP contribution is -2.29. The molecule has 1 aliphatic rings. The summed E-state index contributed by atoms with van der Waals surface area (Å²) < 4.78 is 5.14. The minimum Gasteiger partial charge on any atom is -0.507 e. The van der Waals surface area contributed by atoms with Crippen LogP contribution < -0.4 is 9.64 Å². The highest BCUT2D eigenvalue weighted by Gasteiger charge is 2.47. The maximum atomic E-state index is 13.0. The third-order valence-electron chi connectivity index (χ3n) is 4.88. The summed E-state index contributed by atoms with van der Waals surface area (Å²) >= 11 is 5.98. The fourth-order valence-electron chi connectivity index (χ4n) is 3.42. The third-order valence-corrected chi connectivity index (χ3v) is 5.13. The number of Topliss-reactive ketones (excluding diaryl/α,β-unsaturated/α-hetero) is 1. The Balaban J connectivity index is 1.90. The fraction of sp³-hybridized carbons (Fsp3) is 0.0870. The molecule has 0 radical (unpaired) electrons. The van der Waals surface area contributed by atoms with Gasteiger partial charge in [-0.3, -0.25) is 19.5 Å². The Morgan fingerprint density at radius 3 is 2.33 bits per heavy atom. The predicted molar refractivity (Wildman–Crippen MR) is 113 cm³/mol. The van der Waals surface area contributed by atoms with E-state index in [2.05, 4.69) is 4.98 Å². The van der Waals surface area contributed by atoms with Gasteiger partial charge in [0.2, 0.25) is 0 Å². The number of aromatic nitrogens is 1. The van der Waals surface area contributed by atoms with Gasteiger partial charge in [0.25, 0.3) is 11.7 Å². The Labute approximate surface area is 178 Å². The number of nitrogens with zero attached hydrogens (tertiary/aromatic N) is 2. The number of rotatable bonds is 4. The number of anilines is 1. The molecule has 150 valence electrons. The van der Waals surface area contributed by atoms with Crippen molar-refractivity contribution < 1.29 is 19.4 Å². The predicted octanol–water partition coefficient (Wildman–Crippen LogP) is 4.37. The van der Waals surface area contributed by atoms with Crippen LogP contribution in [0.3, 0.4) is 0 Å². The molecule has 4 rings (SSSR count). The van der Waals surface area contributed by atoms with E-state index in [0.717, 1.165) is 0 Å². The summed E-state index contributed by atoms with van der Waals surface area (Å²) in [5.41, 5.74) is 1.30. The molecular formula is C23H17ClN2O4. The number of methoxy groups -OCH3 is 1. The van der Waals surface area contributed by atoms with Gasteiger partial charge in [-0.25, -0.2) is 0 Å². The number of amides is 1. The van der Waals surface area contributed by atoms with Crippen LogP contribution in [-0.2, 0) is 9.59 Å². The maximum absolute atomic E-state index is 13.0. The number of pyridine rings is 1. The summed E-state index contributed by atoms with van der Waals surface area (Å²) in [5, 5.41) is 11.5. The number of hydrogen-bond donors (Lipinski definition) is 1. The standard InChI is InChI=1S/C23H17ClN2O4/c1-30-17-11-5-14(6-12-17)21(27)19-20(18-4-2-3-13-25-18)26(23(29)22(19)28)16-9-7-15(24)8-10-16/h2-13,20,27H,1H3/b21-19-. The van der Waals surface area contributed by atoms with Crippen molar-refractivity contribution >= 4 is 34.7 Å². The molecule has 6 nitrogen and oxygen atoms in total. The summed E-state index contributed by atoms with van der Waals surface area (Å²) in [6.45, 7) is 0. The van der Waals surface area contributed by atoms with Crippen LogP contribution in [0.5, 0.6) is 5.75 Å². The second-order valence-corrected chi connectivity index (χ2v) is 7.07. The van der Waals surface area contributed by atoms with Gasteiger partial charge in [0.1, 0.15) is 17.6 Å². The first kappa shape index (κ1) is 19.7. The van der Waals surface area contributed by atoms with Gasteiger partial charge in [0, 0.05) is 22.5 Å². The topological polar surface area (TPSA) is 79.7 Å². The van der Waals surface area contributed by atoms with Gasteiger partial charge in [-0.2, -0.15) is 0 Å². The molecule has 1 amide bonds. The molecule has 1 fully saturated rings. The number of carbonyl (C=O) groups is 2. The lowest BCUT2D eigenvalue weighted by atomic mass is 9.98. The van der Waals surface area contributed by atoms with Crippen molar-refractivity contribution in [3.8, 4) is 5.75 Å². The minimum absolute atomic E-state index is 0.0289. The highest BCUT2D eigenvalue weighted by Crippen LogP contribution is 2.41. The minimum atomic E-state index is -0.880. The zero-order chi connectivity index (χ0) is 21.3. The van der Waals surface area contributed by atoms with E-state index in [1.165, 1.54) is 12.0 Å². The first-order chi connectivity index (χ1) is 14.5. The molecule has 30 heavy (non-hydrogen) atoms. The normalized spacial score (nSPS) is 17.9. The Morgan fingerprint density at radius 1 is 1.03 bits per heavy atom. The van der Waals surface area contributed by atoms with Gasteiger partial charge < -0.3 is 9.84 Å². The molecule has 0 spiro atoms. The number of carbonyl (C=O) groups excluding carboxylic acids is 2. The van der Waals surface area contributed by atoms with Gasteiger partial charge in [-0.05, 0) is 60.7 Å². The van der Waals surface area contributed by atoms with E-state index in [4.69, 9.17) is 16.3 Å². The molecule has 2 aromatic carbocycles. The lowest BCUT2D eigenvalue weighted by molar-refractivity contribution is -0.132. The van der Waals surface area contributed by atoms with E-state index in [-0.39, 0.29) is 11.3 Å². The van der Waals surface area contributed by atoms with E-state index < -0.39 is 17.7 Å². The van der Waals surface area contributed by atoms with Gasteiger partial charge in [-0.1, -0.05) is 17.7 Å². The van der Waals surface area contributed by atoms with Gasteiger partial charge in [-0.15, -0.1) is 0 Å². The molecular weight excluding hydrogens is 404 g/mol. The van der Waals surface area contributed by atoms with E-state index in [1.54, 1.807) is 72.9 Å². The number of ether oxygens (including phenoxy) is 1. The Kier molecular flexibility index (Phi) is 5.25. The molecule has 1 saturated heterocycles. The van der Waals surface area contributed by atoms with Crippen LogP contribution in [0, 0.1) is 0 Å². The summed E-state index contributed by atoms with van der Waals surface area (Å²) in [6, 6.07) is 17.5. The van der Waals surface area contributed by atoms with E-state index in [9.17, 15) is 14.7 Å². The first-order valence-electron chi connectivity index (χ1n) is 9.13. The smallest absolute Gasteiger partial charge is 0.300 e. The van der Waals surface area contributed by atoms with Crippen molar-refractivity contribution in [3.63, 3.8) is 0 Å². The average molecular weight is 421 g/mol. The molecule has 2 heterocycles. The number of aliphatic hydroxyl groups is 1. The molecule has 3 aromatic rings. The summed E-state index contributed by atoms with van der Waals surface area (Å²) in [5.74, 6) is -1.20. The quantitative estimate of drug-likeness (QED) is 0.385. The monoisotopic (exact) mass is 420 g/mol. The molecule has 0 bridgehead atoms. The summed E-state index contributed by atoms with van der Waals surface area (Å²) in [7, 11) is 1.54. The molecule has 7 heteroatoms. The Hall–Kier alpha value is -3.64. The zero-order valence-corrected chi connectivity index (χ0v) is 16.7. The van der Waals surface area contributed by atoms with Gasteiger partial charge >= 0.3 is 0 Å². The second-order valence-electron chi connectivity index (χ2n) is 6.63. The second kappa shape index (κ2) is 8.00. The van der Waals surface area contributed by atoms with Crippen LogP contribution in [0.15, 0.2) is 78.5 Å². The van der Waals surface area contributed by atoms with Crippen molar-refractivity contribution in [2.75, 3.05) is 12.0 Å². The molecule has 1 aromatic heterocycles. The number of aliphatic hydroxyl groups excluding tert-OH is 1. The number of benzene rings is 2. The number of ketones is 1. The Morgan fingerprint density at radius 2 is 1.73 bits per heavy atom. The van der Waals surface area contributed by atoms with Gasteiger partial charge in [0.05, 0.1) is 18.4 Å². The molecule has 1 N–H and O–H groups in total. The molecule has 0 aliphatic carbocycles. The number of halogens is 1. The van der Waals surface area contributed by atoms with Crippen LogP contribution in [0.25, 0.3) is 5.76 Å². The van der Waals surface area contributed by atoms with Crippen LogP contribution in [0.4, 0.5) is 5.69 Å².